The summed E-state index contributed by atoms with van der Waals surface area (Å²) >= 11 is 6.05. The third-order valence-electron chi connectivity index (χ3n) is 5.17. The number of fused-ring (bicyclic) bond motifs is 1. The molecule has 0 aliphatic carbocycles. The van der Waals surface area contributed by atoms with Crippen LogP contribution < -0.4 is 0 Å². The topological polar surface area (TPSA) is 50.9 Å². The number of aryl methyl sites for hydroxylation is 2. The van der Waals surface area contributed by atoms with E-state index in [0.29, 0.717) is 10.7 Å². The average molecular weight is 400 g/mol. The van der Waals surface area contributed by atoms with Gasteiger partial charge in [-0.15, -0.1) is 15.0 Å². The lowest BCUT2D eigenvalue weighted by Crippen LogP contribution is -2.02. The molecule has 28 heavy (non-hydrogen) atoms. The van der Waals surface area contributed by atoms with Crippen molar-refractivity contribution in [3.05, 3.63) is 46.5 Å². The van der Waals surface area contributed by atoms with Gasteiger partial charge in [-0.2, -0.15) is 0 Å². The number of rotatable bonds is 10. The largest absolute Gasteiger partial charge is 0.505 e. The van der Waals surface area contributed by atoms with E-state index in [1.165, 1.54) is 49.7 Å². The fraction of sp³-hybridized carbons (Fsp3) is 0.478. The van der Waals surface area contributed by atoms with E-state index in [1.54, 1.807) is 12.1 Å². The van der Waals surface area contributed by atoms with Crippen LogP contribution in [-0.2, 0) is 6.42 Å². The fourth-order valence-corrected chi connectivity index (χ4v) is 3.79. The van der Waals surface area contributed by atoms with Gasteiger partial charge in [-0.25, -0.2) is 0 Å². The van der Waals surface area contributed by atoms with Gasteiger partial charge in [0.25, 0.3) is 0 Å². The van der Waals surface area contributed by atoms with Gasteiger partial charge in [-0.1, -0.05) is 69.5 Å². The van der Waals surface area contributed by atoms with E-state index in [0.717, 1.165) is 35.0 Å². The predicted molar refractivity (Wildman–Crippen MR) is 117 cm³/mol. The molecule has 0 radical (unpaired) electrons. The molecule has 150 valence electrons. The quantitative estimate of drug-likeness (QED) is 0.382. The number of halogens is 1. The molecule has 0 aliphatic heterocycles. The van der Waals surface area contributed by atoms with Crippen LogP contribution in [-0.4, -0.2) is 20.1 Å². The van der Waals surface area contributed by atoms with Crippen molar-refractivity contribution in [3.63, 3.8) is 0 Å². The van der Waals surface area contributed by atoms with E-state index in [1.807, 2.05) is 19.1 Å². The molecule has 0 aliphatic rings. The molecule has 5 heteroatoms. The molecule has 0 saturated carbocycles. The number of benzene rings is 2. The first-order valence-electron chi connectivity index (χ1n) is 10.4. The second-order valence-electron chi connectivity index (χ2n) is 7.64. The molecule has 2 aromatic carbocycles. The molecule has 0 fully saturated rings. The van der Waals surface area contributed by atoms with Gasteiger partial charge < -0.3 is 5.11 Å². The van der Waals surface area contributed by atoms with E-state index in [2.05, 4.69) is 23.2 Å². The Labute approximate surface area is 172 Å². The summed E-state index contributed by atoms with van der Waals surface area (Å²) in [7, 11) is 0. The predicted octanol–water partition coefficient (Wildman–Crippen LogP) is 6.77. The second kappa shape index (κ2) is 9.92. The molecule has 1 heterocycles. The lowest BCUT2D eigenvalue weighted by molar-refractivity contribution is 0.458. The van der Waals surface area contributed by atoms with E-state index in [-0.39, 0.29) is 5.75 Å². The van der Waals surface area contributed by atoms with Gasteiger partial charge in [0.2, 0.25) is 0 Å². The highest BCUT2D eigenvalue weighted by atomic mass is 35.5. The fourth-order valence-electron chi connectivity index (χ4n) is 3.62. The third kappa shape index (κ3) is 5.26. The Balaban J connectivity index is 1.66. The second-order valence-corrected chi connectivity index (χ2v) is 8.08. The van der Waals surface area contributed by atoms with Crippen LogP contribution in [0.4, 0.5) is 0 Å². The van der Waals surface area contributed by atoms with Gasteiger partial charge in [-0.05, 0) is 55.2 Å². The molecule has 3 aromatic rings. The van der Waals surface area contributed by atoms with Gasteiger partial charge in [0.15, 0.2) is 0 Å². The van der Waals surface area contributed by atoms with Gasteiger partial charge >= 0.3 is 0 Å². The van der Waals surface area contributed by atoms with Crippen LogP contribution in [0.3, 0.4) is 0 Å². The van der Waals surface area contributed by atoms with Crippen LogP contribution in [0.1, 0.15) is 69.4 Å². The highest BCUT2D eigenvalue weighted by Crippen LogP contribution is 2.29. The van der Waals surface area contributed by atoms with Crippen molar-refractivity contribution in [2.24, 2.45) is 0 Å². The van der Waals surface area contributed by atoms with Crippen LogP contribution in [0.25, 0.3) is 16.7 Å². The van der Waals surface area contributed by atoms with Crippen molar-refractivity contribution in [1.82, 2.24) is 15.0 Å². The van der Waals surface area contributed by atoms with E-state index < -0.39 is 0 Å². The smallest absolute Gasteiger partial charge is 0.146 e. The maximum Gasteiger partial charge on any atom is 0.146 e. The number of aromatic hydroxyl groups is 1. The van der Waals surface area contributed by atoms with Crippen LogP contribution in [0.5, 0.6) is 5.75 Å². The molecule has 3 rings (SSSR count). The first kappa shape index (κ1) is 20.7. The Kier molecular flexibility index (Phi) is 7.32. The number of phenolic OH excluding ortho intramolecular Hbond substituents is 1. The van der Waals surface area contributed by atoms with Crippen LogP contribution in [0, 0.1) is 6.92 Å². The Morgan fingerprint density at radius 2 is 1.57 bits per heavy atom. The van der Waals surface area contributed by atoms with Crippen LogP contribution >= 0.6 is 11.6 Å². The van der Waals surface area contributed by atoms with Crippen molar-refractivity contribution in [1.29, 1.82) is 0 Å². The molecule has 0 unspecified atom stereocenters. The molecule has 1 aromatic heterocycles. The molecular weight excluding hydrogens is 370 g/mol. The van der Waals surface area contributed by atoms with Crippen molar-refractivity contribution in [3.8, 4) is 11.4 Å². The van der Waals surface area contributed by atoms with E-state index in [9.17, 15) is 5.11 Å². The molecule has 0 spiro atoms. The zero-order valence-corrected chi connectivity index (χ0v) is 17.7. The molecule has 4 nitrogen and oxygen atoms in total. The normalized spacial score (nSPS) is 11.4. The summed E-state index contributed by atoms with van der Waals surface area (Å²) < 4.78 is 0. The third-order valence-corrected chi connectivity index (χ3v) is 5.41. The minimum Gasteiger partial charge on any atom is -0.505 e. The van der Waals surface area contributed by atoms with Crippen LogP contribution in [0.15, 0.2) is 30.3 Å². The molecular formula is C23H30ClN3O. The SMILES string of the molecule is CCCCCCCCCCc1cc(C)cc(-n2nc3ccc(Cl)cc3n2)c1O. The first-order valence-corrected chi connectivity index (χ1v) is 10.8. The summed E-state index contributed by atoms with van der Waals surface area (Å²) in [6.07, 6.45) is 11.1. The van der Waals surface area contributed by atoms with Crippen molar-refractivity contribution >= 4 is 22.6 Å². The summed E-state index contributed by atoms with van der Waals surface area (Å²) in [5, 5.41) is 20.4. The molecule has 1 N–H and O–H groups in total. The zero-order valence-electron chi connectivity index (χ0n) is 16.9. The zero-order chi connectivity index (χ0) is 19.9. The number of nitrogens with zero attached hydrogens (tertiary/aromatic N) is 3. The summed E-state index contributed by atoms with van der Waals surface area (Å²) in [5.41, 5.74) is 4.18. The van der Waals surface area contributed by atoms with Gasteiger partial charge in [0.1, 0.15) is 22.5 Å². The Morgan fingerprint density at radius 1 is 0.893 bits per heavy atom. The maximum atomic E-state index is 10.8. The Hall–Kier alpha value is -2.07. The first-order chi connectivity index (χ1) is 13.6. The lowest BCUT2D eigenvalue weighted by Gasteiger charge is -2.11. The molecule has 0 saturated heterocycles. The van der Waals surface area contributed by atoms with E-state index >= 15 is 0 Å². The van der Waals surface area contributed by atoms with E-state index in [4.69, 9.17) is 11.6 Å². The van der Waals surface area contributed by atoms with Crippen molar-refractivity contribution < 1.29 is 5.11 Å². The standard InChI is InChI=1S/C23H30ClN3O/c1-3-4-5-6-7-8-9-10-11-18-14-17(2)15-22(23(18)28)27-25-20-13-12-19(24)16-21(20)26-27/h12-16,28H,3-11H2,1-2H3. The van der Waals surface area contributed by atoms with Crippen molar-refractivity contribution in [2.45, 2.75) is 71.6 Å². The number of hydrogen-bond donors (Lipinski definition) is 1. The maximum absolute atomic E-state index is 10.8. The average Bonchev–Trinajstić information content (AvgIpc) is 3.09. The number of hydrogen-bond acceptors (Lipinski definition) is 3. The number of aromatic nitrogens is 3. The Morgan fingerprint density at radius 3 is 2.32 bits per heavy atom. The minimum atomic E-state index is 0.278. The van der Waals surface area contributed by atoms with Gasteiger partial charge in [0.05, 0.1) is 0 Å². The summed E-state index contributed by atoms with van der Waals surface area (Å²) in [6.45, 7) is 4.29. The monoisotopic (exact) mass is 399 g/mol. The molecule has 0 atom stereocenters. The minimum absolute atomic E-state index is 0.278. The lowest BCUT2D eigenvalue weighted by atomic mass is 10.0. The summed E-state index contributed by atoms with van der Waals surface area (Å²) in [5.74, 6) is 0.278. The molecule has 0 amide bonds. The van der Waals surface area contributed by atoms with Gasteiger partial charge in [-0.3, -0.25) is 0 Å². The van der Waals surface area contributed by atoms with Crippen LogP contribution in [0.2, 0.25) is 5.02 Å². The van der Waals surface area contributed by atoms with Gasteiger partial charge in [0, 0.05) is 5.02 Å². The number of phenols is 1. The molecule has 0 bridgehead atoms. The summed E-state index contributed by atoms with van der Waals surface area (Å²) in [6, 6.07) is 9.42. The highest BCUT2D eigenvalue weighted by molar-refractivity contribution is 6.31. The van der Waals surface area contributed by atoms with Crippen molar-refractivity contribution in [2.75, 3.05) is 0 Å². The highest BCUT2D eigenvalue weighted by Gasteiger charge is 2.13. The summed E-state index contributed by atoms with van der Waals surface area (Å²) in [4.78, 5) is 1.51. The Bertz CT molecular complexity index is 920. The number of unbranched alkanes of at least 4 members (excludes halogenated alkanes) is 7.